The van der Waals surface area contributed by atoms with Gasteiger partial charge >= 0.3 is 51.4 Å². The maximum Gasteiger partial charge on any atom is 1.00 e. The van der Waals surface area contributed by atoms with E-state index in [4.69, 9.17) is 17.3 Å². The molecule has 112 valence electrons. The third-order valence-corrected chi connectivity index (χ3v) is 3.80. The molecule has 1 atom stereocenters. The molecule has 0 saturated carbocycles. The van der Waals surface area contributed by atoms with Crippen molar-refractivity contribution in [3.63, 3.8) is 0 Å². The van der Waals surface area contributed by atoms with Crippen molar-refractivity contribution >= 4 is 11.6 Å². The molecule has 2 N–H and O–H groups in total. The first-order valence-electron chi connectivity index (χ1n) is 8.17. The van der Waals surface area contributed by atoms with E-state index in [0.29, 0.717) is 0 Å². The fraction of sp³-hybridized carbons (Fsp3) is 1.00. The number of hydrogen-bond acceptors (Lipinski definition) is 1. The Morgan fingerprint density at radius 3 is 1.37 bits per heavy atom. The predicted octanol–water partition coefficient (Wildman–Crippen LogP) is 3.11. The molecule has 0 aliphatic rings. The van der Waals surface area contributed by atoms with Crippen LogP contribution in [0.1, 0.15) is 98.2 Å². The number of nitrogens with two attached hydrogens (primary N) is 1. The van der Waals surface area contributed by atoms with Gasteiger partial charge in [-0.3, -0.25) is 0 Å². The van der Waals surface area contributed by atoms with Crippen LogP contribution in [0, 0.1) is 0 Å². The van der Waals surface area contributed by atoms with Crippen LogP contribution in [-0.2, 0) is 0 Å². The Kier molecular flexibility index (Phi) is 24.2. The zero-order valence-corrected chi connectivity index (χ0v) is 17.3. The normalized spacial score (nSPS) is 12.2. The van der Waals surface area contributed by atoms with E-state index < -0.39 is 0 Å². The van der Waals surface area contributed by atoms with Crippen molar-refractivity contribution in [1.29, 1.82) is 0 Å². The van der Waals surface area contributed by atoms with Gasteiger partial charge in [-0.15, -0.1) is 11.6 Å². The van der Waals surface area contributed by atoms with Crippen LogP contribution >= 0.6 is 11.6 Å². The van der Waals surface area contributed by atoms with Crippen LogP contribution in [0.2, 0.25) is 0 Å². The van der Waals surface area contributed by atoms with E-state index in [9.17, 15) is 0 Å². The van der Waals surface area contributed by atoms with Gasteiger partial charge in [-0.05, 0) is 6.42 Å². The second-order valence-corrected chi connectivity index (χ2v) is 6.11. The van der Waals surface area contributed by atoms with Gasteiger partial charge in [0.05, 0.1) is 5.50 Å². The summed E-state index contributed by atoms with van der Waals surface area (Å²) in [6.45, 7) is 2.28. The Morgan fingerprint density at radius 1 is 0.737 bits per heavy atom. The van der Waals surface area contributed by atoms with Gasteiger partial charge in [-0.25, -0.2) is 0 Å². The summed E-state index contributed by atoms with van der Waals surface area (Å²) in [6.07, 6.45) is 19.1. The maximum atomic E-state index is 5.70. The van der Waals surface area contributed by atoms with Crippen molar-refractivity contribution in [2.45, 2.75) is 102 Å². The fourth-order valence-corrected chi connectivity index (χ4v) is 2.51. The number of unbranched alkanes of at least 4 members (excludes halogenated alkanes) is 12. The molecule has 0 aliphatic heterocycles. The van der Waals surface area contributed by atoms with E-state index in [0.717, 1.165) is 6.42 Å². The Bertz CT molecular complexity index is 159. The van der Waals surface area contributed by atoms with E-state index in [-0.39, 0.29) is 58.3 Å². The minimum atomic E-state index is -0.127. The van der Waals surface area contributed by atoms with Crippen molar-refractivity contribution in [1.82, 2.24) is 0 Å². The zero-order valence-electron chi connectivity index (χ0n) is 14.4. The summed E-state index contributed by atoms with van der Waals surface area (Å²) in [5.41, 5.74) is 5.37. The minimum Gasteiger partial charge on any atom is -1.00 e. The van der Waals surface area contributed by atoms with Gasteiger partial charge in [0.25, 0.3) is 0 Å². The van der Waals surface area contributed by atoms with Crippen LogP contribution in [0.4, 0.5) is 0 Å². The third-order valence-electron chi connectivity index (χ3n) is 3.58. The average molecular weight is 316 g/mol. The molecule has 0 aromatic rings. The second kappa shape index (κ2) is 19.9. The van der Waals surface area contributed by atoms with Gasteiger partial charge in [0, 0.05) is 0 Å². The number of hydrogen-bond donors (Lipinski definition) is 1. The first-order chi connectivity index (χ1) is 8.77. The summed E-state index contributed by atoms with van der Waals surface area (Å²) in [6, 6.07) is 0. The molecule has 1 unspecified atom stereocenters. The molecule has 0 radical (unpaired) electrons. The number of rotatable bonds is 14. The first kappa shape index (κ1) is 23.2. The summed E-state index contributed by atoms with van der Waals surface area (Å²) in [5, 5.41) is 0. The van der Waals surface area contributed by atoms with Crippen LogP contribution in [0.5, 0.6) is 0 Å². The van der Waals surface area contributed by atoms with Gasteiger partial charge in [0.15, 0.2) is 0 Å². The molecule has 0 aromatic heterocycles. The predicted molar refractivity (Wildman–Crippen MR) is 85.3 cm³/mol. The zero-order chi connectivity index (χ0) is 13.5. The summed E-state index contributed by atoms with van der Waals surface area (Å²) in [7, 11) is 0. The molecule has 0 heterocycles. The molecule has 0 aliphatic carbocycles. The molecule has 3 heteroatoms. The third kappa shape index (κ3) is 22.3. The van der Waals surface area contributed by atoms with Gasteiger partial charge in [-0.1, -0.05) is 90.4 Å². The number of alkyl halides is 1. The van der Waals surface area contributed by atoms with Crippen LogP contribution in [0.15, 0.2) is 0 Å². The van der Waals surface area contributed by atoms with Crippen molar-refractivity contribution in [3.8, 4) is 0 Å². The topological polar surface area (TPSA) is 26.0 Å². The van der Waals surface area contributed by atoms with Crippen LogP contribution < -0.4 is 57.1 Å². The molecule has 0 fully saturated rings. The maximum absolute atomic E-state index is 5.70. The molecule has 0 amide bonds. The van der Waals surface area contributed by atoms with Gasteiger partial charge in [0.1, 0.15) is 0 Å². The molecule has 0 spiro atoms. The van der Waals surface area contributed by atoms with Gasteiger partial charge in [-0.2, -0.15) is 0 Å². The quantitative estimate of drug-likeness (QED) is 0.227. The molecule has 0 aromatic carbocycles. The minimum absolute atomic E-state index is 0. The Morgan fingerprint density at radius 2 is 1.05 bits per heavy atom. The Labute approximate surface area is 170 Å². The molecule has 1 nitrogen and oxygen atoms in total. The summed E-state index contributed by atoms with van der Waals surface area (Å²) >= 11 is 5.70. The smallest absolute Gasteiger partial charge is 1.00 e. The summed E-state index contributed by atoms with van der Waals surface area (Å²) in [5.74, 6) is 0. The van der Waals surface area contributed by atoms with Crippen molar-refractivity contribution in [2.75, 3.05) is 0 Å². The Hall–Kier alpha value is 1.89. The van der Waals surface area contributed by atoms with E-state index in [2.05, 4.69) is 6.92 Å². The molecule has 0 bridgehead atoms. The fourth-order valence-electron chi connectivity index (χ4n) is 2.36. The largest absolute Gasteiger partial charge is 1.00 e. The molecular weight excluding hydrogens is 281 g/mol. The van der Waals surface area contributed by atoms with E-state index >= 15 is 0 Å². The molecule has 0 rings (SSSR count). The van der Waals surface area contributed by atoms with Crippen LogP contribution in [0.25, 0.3) is 0 Å². The van der Waals surface area contributed by atoms with E-state index in [1.54, 1.807) is 0 Å². The van der Waals surface area contributed by atoms with Gasteiger partial charge in [0.2, 0.25) is 0 Å². The number of halogens is 1. The monoisotopic (exact) mass is 315 g/mol. The van der Waals surface area contributed by atoms with Crippen LogP contribution in [0.3, 0.4) is 0 Å². The van der Waals surface area contributed by atoms with E-state index in [1.165, 1.54) is 83.5 Å². The Balaban J connectivity index is -0.00000144. The summed E-state index contributed by atoms with van der Waals surface area (Å²) in [4.78, 5) is 0. The molecular formula is C16H35ClKN. The molecule has 19 heavy (non-hydrogen) atoms. The standard InChI is InChI=1S/C16H34ClN.K.H/c1-2-3-4-5-6-7-8-9-10-11-12-13-14-15-16(17)18;;/h16H,2-15,18H2,1H3;;/q;+1;-1. The van der Waals surface area contributed by atoms with Crippen molar-refractivity contribution in [2.24, 2.45) is 5.73 Å². The van der Waals surface area contributed by atoms with Crippen molar-refractivity contribution in [3.05, 3.63) is 0 Å². The van der Waals surface area contributed by atoms with E-state index in [1.807, 2.05) is 0 Å². The summed E-state index contributed by atoms with van der Waals surface area (Å²) < 4.78 is 0. The van der Waals surface area contributed by atoms with Crippen molar-refractivity contribution < 1.29 is 52.8 Å². The SMILES string of the molecule is CCCCCCCCCCCCCCCC(N)Cl.[H-].[K+]. The van der Waals surface area contributed by atoms with Crippen LogP contribution in [-0.4, -0.2) is 5.50 Å². The average Bonchev–Trinajstić information content (AvgIpc) is 2.34. The second-order valence-electron chi connectivity index (χ2n) is 5.55. The first-order valence-corrected chi connectivity index (χ1v) is 8.60. The molecule has 0 saturated heterocycles. The van der Waals surface area contributed by atoms with Gasteiger partial charge < -0.3 is 7.16 Å².